The minimum absolute atomic E-state index is 0.290. The molecular formula is C18H16N2O3S. The van der Waals surface area contributed by atoms with Gasteiger partial charge in [0.25, 0.3) is 0 Å². The molecule has 2 N–H and O–H groups in total. The maximum Gasteiger partial charge on any atom is 0.319 e. The number of rotatable bonds is 5. The predicted octanol–water partition coefficient (Wildman–Crippen LogP) is 3.16. The van der Waals surface area contributed by atoms with E-state index in [-0.39, 0.29) is 6.54 Å². The van der Waals surface area contributed by atoms with Crippen molar-refractivity contribution >= 4 is 23.2 Å². The highest BCUT2D eigenvalue weighted by molar-refractivity contribution is 7.16. The number of carboxylic acid groups (broad SMARTS) is 1. The van der Waals surface area contributed by atoms with Crippen LogP contribution in [0.5, 0.6) is 0 Å². The second-order valence-electron chi connectivity index (χ2n) is 5.90. The van der Waals surface area contributed by atoms with E-state index >= 15 is 0 Å². The number of benzene rings is 1. The van der Waals surface area contributed by atoms with E-state index in [1.807, 2.05) is 30.3 Å². The Hall–Kier alpha value is -2.65. The molecule has 1 aromatic heterocycles. The van der Waals surface area contributed by atoms with Crippen molar-refractivity contribution < 1.29 is 14.7 Å². The first-order chi connectivity index (χ1) is 11.5. The Labute approximate surface area is 143 Å². The summed E-state index contributed by atoms with van der Waals surface area (Å²) >= 11 is 1.41. The van der Waals surface area contributed by atoms with Gasteiger partial charge in [-0.05, 0) is 42.2 Å². The Morgan fingerprint density at radius 3 is 2.67 bits per heavy atom. The second-order valence-corrected chi connectivity index (χ2v) is 6.98. The Kier molecular flexibility index (Phi) is 4.36. The molecule has 1 fully saturated rings. The molecule has 0 radical (unpaired) electrons. The van der Waals surface area contributed by atoms with Gasteiger partial charge >= 0.3 is 5.97 Å². The lowest BCUT2D eigenvalue weighted by molar-refractivity contribution is -0.162. The zero-order chi connectivity index (χ0) is 17.2. The molecule has 6 heteroatoms. The van der Waals surface area contributed by atoms with Gasteiger partial charge in [0.2, 0.25) is 5.91 Å². The molecule has 0 spiro atoms. The van der Waals surface area contributed by atoms with Crippen LogP contribution in [-0.2, 0) is 16.1 Å². The number of nitriles is 1. The fraction of sp³-hybridized carbons (Fsp3) is 0.278. The first-order valence-corrected chi connectivity index (χ1v) is 8.48. The highest BCUT2D eigenvalue weighted by atomic mass is 32.1. The summed E-state index contributed by atoms with van der Waals surface area (Å²) in [6.45, 7) is 0.290. The molecule has 1 heterocycles. The summed E-state index contributed by atoms with van der Waals surface area (Å²) in [6, 6.07) is 13.5. The van der Waals surface area contributed by atoms with Gasteiger partial charge in [-0.1, -0.05) is 24.6 Å². The van der Waals surface area contributed by atoms with E-state index in [9.17, 15) is 14.7 Å². The number of hydrogen-bond acceptors (Lipinski definition) is 4. The molecule has 0 atom stereocenters. The van der Waals surface area contributed by atoms with Crippen LogP contribution in [0.1, 0.15) is 29.7 Å². The molecule has 5 nitrogen and oxygen atoms in total. The number of carbonyl (C=O) groups is 2. The van der Waals surface area contributed by atoms with Gasteiger partial charge in [0.1, 0.15) is 16.4 Å². The maximum atomic E-state index is 12.2. The standard InChI is InChI=1S/C18H16N2O3S/c19-10-14-5-6-15(24-14)13-4-1-3-12(9-13)11-20-16(21)18(17(22)23)7-2-8-18/h1,3-6,9H,2,7-8,11H2,(H,20,21)(H,22,23). The van der Waals surface area contributed by atoms with Gasteiger partial charge in [0.15, 0.2) is 0 Å². The van der Waals surface area contributed by atoms with Gasteiger partial charge in [0, 0.05) is 11.4 Å². The summed E-state index contributed by atoms with van der Waals surface area (Å²) in [4.78, 5) is 25.2. The maximum absolute atomic E-state index is 12.2. The molecule has 0 saturated heterocycles. The Bertz CT molecular complexity index is 831. The van der Waals surface area contributed by atoms with Crippen molar-refractivity contribution in [3.05, 3.63) is 46.8 Å². The monoisotopic (exact) mass is 340 g/mol. The minimum Gasteiger partial charge on any atom is -0.480 e. The molecule has 1 aliphatic carbocycles. The molecule has 1 aromatic carbocycles. The fourth-order valence-electron chi connectivity index (χ4n) is 2.81. The van der Waals surface area contributed by atoms with E-state index in [1.165, 1.54) is 11.3 Å². The van der Waals surface area contributed by atoms with Gasteiger partial charge in [-0.2, -0.15) is 5.26 Å². The van der Waals surface area contributed by atoms with Gasteiger partial charge in [-0.15, -0.1) is 11.3 Å². The van der Waals surface area contributed by atoms with Crippen LogP contribution < -0.4 is 5.32 Å². The quantitative estimate of drug-likeness (QED) is 0.818. The number of carboxylic acids is 1. The van der Waals surface area contributed by atoms with Crippen molar-refractivity contribution in [1.29, 1.82) is 5.26 Å². The number of amides is 1. The van der Waals surface area contributed by atoms with Crippen molar-refractivity contribution in [2.24, 2.45) is 5.41 Å². The van der Waals surface area contributed by atoms with Crippen molar-refractivity contribution in [3.63, 3.8) is 0 Å². The molecular weight excluding hydrogens is 324 g/mol. The Balaban J connectivity index is 1.70. The molecule has 0 unspecified atom stereocenters. The first-order valence-electron chi connectivity index (χ1n) is 7.66. The van der Waals surface area contributed by atoms with Gasteiger partial charge in [0.05, 0.1) is 0 Å². The van der Waals surface area contributed by atoms with E-state index in [1.54, 1.807) is 6.07 Å². The number of aliphatic carboxylic acids is 1. The van der Waals surface area contributed by atoms with Crippen molar-refractivity contribution in [2.75, 3.05) is 0 Å². The molecule has 1 amide bonds. The van der Waals surface area contributed by atoms with Crippen molar-refractivity contribution in [2.45, 2.75) is 25.8 Å². The van der Waals surface area contributed by atoms with Crippen LogP contribution >= 0.6 is 11.3 Å². The third kappa shape index (κ3) is 2.91. The molecule has 2 aromatic rings. The van der Waals surface area contributed by atoms with E-state index in [4.69, 9.17) is 5.26 Å². The molecule has 0 bridgehead atoms. The third-order valence-corrected chi connectivity index (χ3v) is 5.47. The average Bonchev–Trinajstić information content (AvgIpc) is 3.01. The zero-order valence-corrected chi connectivity index (χ0v) is 13.7. The molecule has 0 aliphatic heterocycles. The molecule has 122 valence electrons. The Morgan fingerprint density at radius 1 is 1.29 bits per heavy atom. The topological polar surface area (TPSA) is 90.2 Å². The summed E-state index contributed by atoms with van der Waals surface area (Å²) in [5.74, 6) is -1.45. The van der Waals surface area contributed by atoms with E-state index < -0.39 is 17.3 Å². The van der Waals surface area contributed by atoms with Gasteiger partial charge < -0.3 is 10.4 Å². The van der Waals surface area contributed by atoms with Crippen LogP contribution in [0.25, 0.3) is 10.4 Å². The summed E-state index contributed by atoms with van der Waals surface area (Å²) in [5.41, 5.74) is 0.630. The number of carbonyl (C=O) groups excluding carboxylic acids is 1. The first kappa shape index (κ1) is 16.2. The zero-order valence-electron chi connectivity index (χ0n) is 12.9. The van der Waals surface area contributed by atoms with Gasteiger partial charge in [-0.3, -0.25) is 9.59 Å². The highest BCUT2D eigenvalue weighted by Crippen LogP contribution is 2.41. The second kappa shape index (κ2) is 6.46. The Morgan fingerprint density at radius 2 is 2.08 bits per heavy atom. The average molecular weight is 340 g/mol. The van der Waals surface area contributed by atoms with Crippen molar-refractivity contribution in [3.8, 4) is 16.5 Å². The number of hydrogen-bond donors (Lipinski definition) is 2. The van der Waals surface area contributed by atoms with Crippen LogP contribution in [0.15, 0.2) is 36.4 Å². The molecule has 3 rings (SSSR count). The lowest BCUT2D eigenvalue weighted by atomic mass is 9.68. The normalized spacial score (nSPS) is 15.1. The van der Waals surface area contributed by atoms with Crippen LogP contribution in [0.2, 0.25) is 0 Å². The fourth-order valence-corrected chi connectivity index (χ4v) is 3.61. The smallest absolute Gasteiger partial charge is 0.319 e. The van der Waals surface area contributed by atoms with E-state index in [0.29, 0.717) is 17.7 Å². The summed E-state index contributed by atoms with van der Waals surface area (Å²) in [7, 11) is 0. The lowest BCUT2D eigenvalue weighted by Gasteiger charge is -2.35. The van der Waals surface area contributed by atoms with E-state index in [0.717, 1.165) is 22.4 Å². The molecule has 1 aliphatic rings. The summed E-state index contributed by atoms with van der Waals surface area (Å²) in [5, 5.41) is 20.9. The van der Waals surface area contributed by atoms with Crippen LogP contribution in [-0.4, -0.2) is 17.0 Å². The van der Waals surface area contributed by atoms with Crippen LogP contribution in [0, 0.1) is 16.7 Å². The minimum atomic E-state index is -1.24. The SMILES string of the molecule is N#Cc1ccc(-c2cccc(CNC(=O)C3(C(=O)O)CCC3)c2)s1. The van der Waals surface area contributed by atoms with Gasteiger partial charge in [-0.25, -0.2) is 0 Å². The number of thiophene rings is 1. The van der Waals surface area contributed by atoms with E-state index in [2.05, 4.69) is 11.4 Å². The molecule has 1 saturated carbocycles. The van der Waals surface area contributed by atoms with Crippen LogP contribution in [0.3, 0.4) is 0 Å². The summed E-state index contributed by atoms with van der Waals surface area (Å²) in [6.07, 6.45) is 1.58. The predicted molar refractivity (Wildman–Crippen MR) is 90.2 cm³/mol. The van der Waals surface area contributed by atoms with Crippen molar-refractivity contribution in [1.82, 2.24) is 5.32 Å². The lowest BCUT2D eigenvalue weighted by Crippen LogP contribution is -2.50. The highest BCUT2D eigenvalue weighted by Gasteiger charge is 2.50. The number of nitrogens with zero attached hydrogens (tertiary/aromatic N) is 1. The largest absolute Gasteiger partial charge is 0.480 e. The number of nitrogens with one attached hydrogen (secondary N) is 1. The van der Waals surface area contributed by atoms with Crippen LogP contribution in [0.4, 0.5) is 0 Å². The third-order valence-electron chi connectivity index (χ3n) is 4.43. The molecule has 24 heavy (non-hydrogen) atoms. The summed E-state index contributed by atoms with van der Waals surface area (Å²) < 4.78 is 0.